The van der Waals surface area contributed by atoms with Gasteiger partial charge in [-0.05, 0) is 55.0 Å². The Bertz CT molecular complexity index is 816. The molecule has 8 heteroatoms. The number of aliphatic hydroxyl groups is 1. The summed E-state index contributed by atoms with van der Waals surface area (Å²) in [6, 6.07) is 10.1. The molecule has 3 N–H and O–H groups in total. The monoisotopic (exact) mass is 452 g/mol. The Hall–Kier alpha value is -2.00. The smallest absolute Gasteiger partial charge is 0.224 e. The van der Waals surface area contributed by atoms with Gasteiger partial charge in [0.1, 0.15) is 11.6 Å². The van der Waals surface area contributed by atoms with Gasteiger partial charge in [-0.25, -0.2) is 8.78 Å². The highest BCUT2D eigenvalue weighted by molar-refractivity contribution is 7.98. The van der Waals surface area contributed by atoms with Gasteiger partial charge in [0.25, 0.3) is 0 Å². The molecule has 170 valence electrons. The SMILES string of the molecule is COCC(C)NC[C@@H](O)[C@H](Cc1cc(F)cc(F)c1)NC(=O)Cc1ccc(SC)cc1. The van der Waals surface area contributed by atoms with Crippen molar-refractivity contribution in [3.8, 4) is 0 Å². The number of methoxy groups -OCH3 is 1. The van der Waals surface area contributed by atoms with Gasteiger partial charge in [0.05, 0.1) is 25.2 Å². The highest BCUT2D eigenvalue weighted by Crippen LogP contribution is 2.16. The molecule has 0 bridgehead atoms. The Labute approximate surface area is 186 Å². The van der Waals surface area contributed by atoms with Crippen LogP contribution in [0.3, 0.4) is 0 Å². The average molecular weight is 453 g/mol. The number of rotatable bonds is 12. The van der Waals surface area contributed by atoms with Crippen molar-refractivity contribution in [1.29, 1.82) is 0 Å². The molecule has 3 atom stereocenters. The van der Waals surface area contributed by atoms with E-state index in [1.54, 1.807) is 18.9 Å². The summed E-state index contributed by atoms with van der Waals surface area (Å²) in [6.45, 7) is 2.56. The van der Waals surface area contributed by atoms with E-state index in [1.807, 2.05) is 37.4 Å². The number of benzene rings is 2. The van der Waals surface area contributed by atoms with E-state index in [9.17, 15) is 18.7 Å². The van der Waals surface area contributed by atoms with Crippen LogP contribution in [0.5, 0.6) is 0 Å². The highest BCUT2D eigenvalue weighted by Gasteiger charge is 2.23. The van der Waals surface area contributed by atoms with Crippen LogP contribution < -0.4 is 10.6 Å². The average Bonchev–Trinajstić information content (AvgIpc) is 2.71. The predicted molar refractivity (Wildman–Crippen MR) is 119 cm³/mol. The van der Waals surface area contributed by atoms with Gasteiger partial charge in [-0.1, -0.05) is 12.1 Å². The summed E-state index contributed by atoms with van der Waals surface area (Å²) in [5.74, 6) is -1.67. The molecular formula is C23H30F2N2O3S. The first-order valence-corrected chi connectivity index (χ1v) is 11.3. The standard InChI is InChI=1S/C23H30F2N2O3S/c1-15(14-30-2)26-13-22(28)21(10-17-8-18(24)12-19(25)9-17)27-23(29)11-16-4-6-20(31-3)7-5-16/h4-9,12,15,21-22,26,28H,10-11,13-14H2,1-3H3,(H,27,29)/t15?,21-,22+/m0/s1. The minimum atomic E-state index is -0.964. The molecule has 0 spiro atoms. The van der Waals surface area contributed by atoms with Crippen LogP contribution in [0, 0.1) is 11.6 Å². The number of hydrogen-bond acceptors (Lipinski definition) is 5. The summed E-state index contributed by atoms with van der Waals surface area (Å²) >= 11 is 1.61. The largest absolute Gasteiger partial charge is 0.390 e. The topological polar surface area (TPSA) is 70.6 Å². The van der Waals surface area contributed by atoms with Crippen molar-refractivity contribution in [1.82, 2.24) is 10.6 Å². The van der Waals surface area contributed by atoms with Gasteiger partial charge < -0.3 is 20.5 Å². The van der Waals surface area contributed by atoms with Gasteiger partial charge in [-0.2, -0.15) is 0 Å². The molecule has 0 fully saturated rings. The number of hydrogen-bond donors (Lipinski definition) is 3. The number of halogens is 2. The molecule has 0 aliphatic carbocycles. The zero-order valence-corrected chi connectivity index (χ0v) is 18.8. The van der Waals surface area contributed by atoms with Crippen molar-refractivity contribution in [2.24, 2.45) is 0 Å². The van der Waals surface area contributed by atoms with Crippen LogP contribution in [0.25, 0.3) is 0 Å². The summed E-state index contributed by atoms with van der Waals surface area (Å²) in [7, 11) is 1.59. The summed E-state index contributed by atoms with van der Waals surface area (Å²) in [5, 5.41) is 16.7. The van der Waals surface area contributed by atoms with Crippen molar-refractivity contribution >= 4 is 17.7 Å². The maximum atomic E-state index is 13.6. The molecule has 0 aliphatic rings. The quantitative estimate of drug-likeness (QED) is 0.432. The fourth-order valence-corrected chi connectivity index (χ4v) is 3.63. The first-order chi connectivity index (χ1) is 14.8. The molecule has 0 heterocycles. The molecule has 0 saturated carbocycles. The van der Waals surface area contributed by atoms with E-state index in [0.29, 0.717) is 12.2 Å². The normalized spacial score (nSPS) is 14.1. The third-order valence-electron chi connectivity index (χ3n) is 4.80. The van der Waals surface area contributed by atoms with Crippen molar-refractivity contribution in [3.05, 3.63) is 65.2 Å². The summed E-state index contributed by atoms with van der Waals surface area (Å²) in [4.78, 5) is 13.7. The minimum Gasteiger partial charge on any atom is -0.390 e. The molecule has 0 aliphatic heterocycles. The number of aliphatic hydroxyl groups excluding tert-OH is 1. The van der Waals surface area contributed by atoms with E-state index in [-0.39, 0.29) is 31.3 Å². The van der Waals surface area contributed by atoms with Crippen molar-refractivity contribution < 1.29 is 23.4 Å². The van der Waals surface area contributed by atoms with E-state index >= 15 is 0 Å². The van der Waals surface area contributed by atoms with Crippen LogP contribution in [0.1, 0.15) is 18.1 Å². The van der Waals surface area contributed by atoms with E-state index in [2.05, 4.69) is 10.6 Å². The second-order valence-electron chi connectivity index (χ2n) is 7.51. The number of nitrogens with one attached hydrogen (secondary N) is 2. The van der Waals surface area contributed by atoms with Gasteiger partial charge >= 0.3 is 0 Å². The van der Waals surface area contributed by atoms with Crippen LogP contribution in [0.2, 0.25) is 0 Å². The third-order valence-corrected chi connectivity index (χ3v) is 5.55. The Morgan fingerprint density at radius 2 is 1.77 bits per heavy atom. The predicted octanol–water partition coefficient (Wildman–Crippen LogP) is 2.94. The van der Waals surface area contributed by atoms with Crippen LogP contribution in [-0.2, 0) is 22.4 Å². The van der Waals surface area contributed by atoms with Crippen LogP contribution in [-0.4, -0.2) is 55.7 Å². The van der Waals surface area contributed by atoms with Crippen LogP contribution in [0.15, 0.2) is 47.4 Å². The molecule has 0 saturated heterocycles. The lowest BCUT2D eigenvalue weighted by atomic mass is 10.00. The Morgan fingerprint density at radius 1 is 1.13 bits per heavy atom. The fraction of sp³-hybridized carbons (Fsp3) is 0.435. The number of carbonyl (C=O) groups is 1. The van der Waals surface area contributed by atoms with Crippen molar-refractivity contribution in [3.63, 3.8) is 0 Å². The van der Waals surface area contributed by atoms with Gasteiger partial charge in [0.2, 0.25) is 5.91 Å². The highest BCUT2D eigenvalue weighted by atomic mass is 32.2. The zero-order valence-electron chi connectivity index (χ0n) is 18.0. The summed E-state index contributed by atoms with van der Waals surface area (Å²) < 4.78 is 32.3. The maximum absolute atomic E-state index is 13.6. The van der Waals surface area contributed by atoms with Gasteiger partial charge in [0.15, 0.2) is 0 Å². The van der Waals surface area contributed by atoms with Gasteiger partial charge in [-0.3, -0.25) is 4.79 Å². The number of thioether (sulfide) groups is 1. The lowest BCUT2D eigenvalue weighted by Crippen LogP contribution is -2.50. The summed E-state index contributed by atoms with van der Waals surface area (Å²) in [5.41, 5.74) is 1.20. The summed E-state index contributed by atoms with van der Waals surface area (Å²) in [6.07, 6.45) is 1.24. The van der Waals surface area contributed by atoms with Crippen LogP contribution >= 0.6 is 11.8 Å². The van der Waals surface area contributed by atoms with Gasteiger partial charge in [-0.15, -0.1) is 11.8 Å². The van der Waals surface area contributed by atoms with Gasteiger partial charge in [0, 0.05) is 30.7 Å². The molecule has 1 unspecified atom stereocenters. The lowest BCUT2D eigenvalue weighted by molar-refractivity contribution is -0.122. The zero-order chi connectivity index (χ0) is 22.8. The Kier molecular flexibility index (Phi) is 10.4. The first kappa shape index (κ1) is 25.3. The molecule has 2 aromatic rings. The first-order valence-electron chi connectivity index (χ1n) is 10.1. The van der Waals surface area contributed by atoms with E-state index in [0.717, 1.165) is 16.5 Å². The fourth-order valence-electron chi connectivity index (χ4n) is 3.23. The van der Waals surface area contributed by atoms with Crippen molar-refractivity contribution in [2.45, 2.75) is 42.8 Å². The van der Waals surface area contributed by atoms with Crippen LogP contribution in [0.4, 0.5) is 8.78 Å². The number of amides is 1. The number of ether oxygens (including phenoxy) is 1. The second-order valence-corrected chi connectivity index (χ2v) is 8.39. The second kappa shape index (κ2) is 12.8. The molecule has 2 aromatic carbocycles. The lowest BCUT2D eigenvalue weighted by Gasteiger charge is -2.26. The molecule has 1 amide bonds. The minimum absolute atomic E-state index is 0.00225. The molecule has 31 heavy (non-hydrogen) atoms. The molecular weight excluding hydrogens is 422 g/mol. The Morgan fingerprint density at radius 3 is 2.35 bits per heavy atom. The number of carbonyl (C=O) groups excluding carboxylic acids is 1. The van der Waals surface area contributed by atoms with E-state index < -0.39 is 23.8 Å². The van der Waals surface area contributed by atoms with Crippen molar-refractivity contribution in [2.75, 3.05) is 26.5 Å². The Balaban J connectivity index is 2.08. The molecule has 5 nitrogen and oxygen atoms in total. The third kappa shape index (κ3) is 8.95. The molecule has 2 rings (SSSR count). The molecule has 0 aromatic heterocycles. The molecule has 0 radical (unpaired) electrons. The van der Waals surface area contributed by atoms with E-state index in [4.69, 9.17) is 4.74 Å². The van der Waals surface area contributed by atoms with E-state index in [1.165, 1.54) is 12.1 Å². The maximum Gasteiger partial charge on any atom is 0.224 e.